The first-order valence-corrected chi connectivity index (χ1v) is 9.56. The zero-order chi connectivity index (χ0) is 17.8. The number of nitrogens with one attached hydrogen (secondary N) is 1. The van der Waals surface area contributed by atoms with Gasteiger partial charge in [-0.1, -0.05) is 23.2 Å². The van der Waals surface area contributed by atoms with Gasteiger partial charge in [-0.2, -0.15) is 0 Å². The molecule has 8 heteroatoms. The summed E-state index contributed by atoms with van der Waals surface area (Å²) in [4.78, 5) is 23.2. The Morgan fingerprint density at radius 2 is 2.04 bits per heavy atom. The van der Waals surface area contributed by atoms with Gasteiger partial charge < -0.3 is 15.1 Å². The number of piperazine rings is 1. The van der Waals surface area contributed by atoms with Crippen molar-refractivity contribution in [2.45, 2.75) is 18.9 Å². The van der Waals surface area contributed by atoms with Crippen LogP contribution in [0.4, 0.5) is 5.82 Å². The first-order valence-electron chi connectivity index (χ1n) is 8.80. The number of hydrogen-bond acceptors (Lipinski definition) is 5. The van der Waals surface area contributed by atoms with Crippen molar-refractivity contribution in [1.29, 1.82) is 0 Å². The Morgan fingerprint density at radius 1 is 1.28 bits per heavy atom. The van der Waals surface area contributed by atoms with E-state index in [0.717, 1.165) is 38.4 Å². The molecule has 3 rings (SSSR count). The maximum absolute atomic E-state index is 12.6. The third kappa shape index (κ3) is 4.76. The molecular formula is C17H25Cl2N5O. The van der Waals surface area contributed by atoms with Gasteiger partial charge in [0.2, 0.25) is 5.91 Å². The highest BCUT2D eigenvalue weighted by Crippen LogP contribution is 2.26. The molecule has 0 bridgehead atoms. The second kappa shape index (κ2) is 8.54. The summed E-state index contributed by atoms with van der Waals surface area (Å²) in [6.07, 6.45) is 3.94. The number of pyridine rings is 1. The molecule has 2 aliphatic heterocycles. The lowest BCUT2D eigenvalue weighted by Gasteiger charge is -2.38. The molecule has 3 heterocycles. The predicted molar refractivity (Wildman–Crippen MR) is 102 cm³/mol. The first-order chi connectivity index (χ1) is 12.1. The third-order valence-electron chi connectivity index (χ3n) is 4.99. The summed E-state index contributed by atoms with van der Waals surface area (Å²) in [5.74, 6) is 0.956. The lowest BCUT2D eigenvalue weighted by atomic mass is 10.1. The number of carbonyl (C=O) groups excluding carboxylic acids is 1. The van der Waals surface area contributed by atoms with Crippen LogP contribution in [-0.4, -0.2) is 79.6 Å². The molecule has 0 saturated carbocycles. The molecule has 0 aromatic carbocycles. The van der Waals surface area contributed by atoms with Crippen LogP contribution in [0.25, 0.3) is 0 Å². The van der Waals surface area contributed by atoms with Gasteiger partial charge in [-0.05, 0) is 32.5 Å². The van der Waals surface area contributed by atoms with Crippen molar-refractivity contribution in [1.82, 2.24) is 20.1 Å². The quantitative estimate of drug-likeness (QED) is 0.854. The normalized spacial score (nSPS) is 22.3. The summed E-state index contributed by atoms with van der Waals surface area (Å²) < 4.78 is 0. The second-order valence-electron chi connectivity index (χ2n) is 6.69. The van der Waals surface area contributed by atoms with E-state index < -0.39 is 0 Å². The second-order valence-corrected chi connectivity index (χ2v) is 7.53. The number of halogens is 2. The van der Waals surface area contributed by atoms with Gasteiger partial charge >= 0.3 is 0 Å². The smallest absolute Gasteiger partial charge is 0.236 e. The molecule has 0 spiro atoms. The average molecular weight is 386 g/mol. The number of nitrogens with zero attached hydrogens (tertiary/aromatic N) is 4. The molecule has 2 saturated heterocycles. The topological polar surface area (TPSA) is 51.7 Å². The monoisotopic (exact) mass is 385 g/mol. The Morgan fingerprint density at radius 3 is 2.72 bits per heavy atom. The Kier molecular flexibility index (Phi) is 6.39. The molecule has 1 atom stereocenters. The van der Waals surface area contributed by atoms with E-state index in [1.165, 1.54) is 6.42 Å². The van der Waals surface area contributed by atoms with Crippen molar-refractivity contribution in [2.75, 3.05) is 57.8 Å². The Bertz CT molecular complexity index is 607. The zero-order valence-electron chi connectivity index (χ0n) is 14.5. The van der Waals surface area contributed by atoms with Crippen LogP contribution in [0.3, 0.4) is 0 Å². The van der Waals surface area contributed by atoms with Crippen LogP contribution in [0.5, 0.6) is 0 Å². The molecule has 0 radical (unpaired) electrons. The summed E-state index contributed by atoms with van der Waals surface area (Å²) >= 11 is 12.1. The fraction of sp³-hybridized carbons (Fsp3) is 0.647. The van der Waals surface area contributed by atoms with Crippen LogP contribution in [0.2, 0.25) is 10.0 Å². The van der Waals surface area contributed by atoms with Crippen LogP contribution in [0, 0.1) is 0 Å². The first kappa shape index (κ1) is 18.7. The van der Waals surface area contributed by atoms with Crippen LogP contribution in [0.15, 0.2) is 12.3 Å². The van der Waals surface area contributed by atoms with E-state index in [1.54, 1.807) is 12.3 Å². The standard InChI is InChI=1S/C17H25Cl2N5O/c1-20-14-3-2-4-22(11-14)12-16(25)23-5-7-24(8-6-23)17-15(19)9-13(18)10-21-17/h9-10,14,20H,2-8,11-12H2,1H3. The molecular weight excluding hydrogens is 361 g/mol. The molecule has 1 amide bonds. The van der Waals surface area contributed by atoms with Crippen LogP contribution >= 0.6 is 23.2 Å². The van der Waals surface area contributed by atoms with Gasteiger partial charge in [-0.3, -0.25) is 9.69 Å². The third-order valence-corrected chi connectivity index (χ3v) is 5.48. The van der Waals surface area contributed by atoms with Gasteiger partial charge in [-0.25, -0.2) is 4.98 Å². The summed E-state index contributed by atoms with van der Waals surface area (Å²) in [6, 6.07) is 2.20. The summed E-state index contributed by atoms with van der Waals surface area (Å²) in [6.45, 7) is 5.34. The molecule has 25 heavy (non-hydrogen) atoms. The number of likely N-dealkylation sites (tertiary alicyclic amines) is 1. The van der Waals surface area contributed by atoms with Crippen molar-refractivity contribution in [3.05, 3.63) is 22.3 Å². The number of carbonyl (C=O) groups is 1. The molecule has 6 nitrogen and oxygen atoms in total. The van der Waals surface area contributed by atoms with Gasteiger partial charge in [0, 0.05) is 45.0 Å². The largest absolute Gasteiger partial charge is 0.352 e. The highest BCUT2D eigenvalue weighted by atomic mass is 35.5. The predicted octanol–water partition coefficient (Wildman–Crippen LogP) is 1.72. The minimum Gasteiger partial charge on any atom is -0.352 e. The molecule has 0 aliphatic carbocycles. The van der Waals surface area contributed by atoms with E-state index in [-0.39, 0.29) is 5.91 Å². The number of hydrogen-bond donors (Lipinski definition) is 1. The fourth-order valence-corrected chi connectivity index (χ4v) is 4.03. The zero-order valence-corrected chi connectivity index (χ0v) is 16.1. The van der Waals surface area contributed by atoms with Gasteiger partial charge in [0.15, 0.2) is 0 Å². The SMILES string of the molecule is CNC1CCCN(CC(=O)N2CCN(c3ncc(Cl)cc3Cl)CC2)C1. The van der Waals surface area contributed by atoms with Gasteiger partial charge in [0.05, 0.1) is 16.6 Å². The summed E-state index contributed by atoms with van der Waals surface area (Å²) in [5, 5.41) is 4.40. The lowest BCUT2D eigenvalue weighted by molar-refractivity contribution is -0.133. The number of piperidine rings is 1. The van der Waals surface area contributed by atoms with E-state index in [9.17, 15) is 4.79 Å². The minimum absolute atomic E-state index is 0.214. The van der Waals surface area contributed by atoms with Crippen LogP contribution < -0.4 is 10.2 Å². The van der Waals surface area contributed by atoms with E-state index >= 15 is 0 Å². The Hall–Kier alpha value is -1.08. The van der Waals surface area contributed by atoms with Crippen molar-refractivity contribution in [2.24, 2.45) is 0 Å². The Balaban J connectivity index is 1.50. The average Bonchev–Trinajstić information content (AvgIpc) is 2.62. The van der Waals surface area contributed by atoms with E-state index in [1.807, 2.05) is 11.9 Å². The van der Waals surface area contributed by atoms with Crippen LogP contribution in [-0.2, 0) is 4.79 Å². The van der Waals surface area contributed by atoms with Gasteiger partial charge in [0.25, 0.3) is 0 Å². The number of aromatic nitrogens is 1. The maximum Gasteiger partial charge on any atom is 0.236 e. The lowest BCUT2D eigenvalue weighted by Crippen LogP contribution is -2.53. The van der Waals surface area contributed by atoms with Crippen molar-refractivity contribution < 1.29 is 4.79 Å². The number of likely N-dealkylation sites (N-methyl/N-ethyl adjacent to an activating group) is 1. The highest BCUT2D eigenvalue weighted by molar-refractivity contribution is 6.36. The number of amides is 1. The van der Waals surface area contributed by atoms with Gasteiger partial charge in [0.1, 0.15) is 5.82 Å². The molecule has 1 N–H and O–H groups in total. The molecule has 2 fully saturated rings. The van der Waals surface area contributed by atoms with Crippen molar-refractivity contribution in [3.8, 4) is 0 Å². The molecule has 1 unspecified atom stereocenters. The maximum atomic E-state index is 12.6. The Labute approximate surface area is 159 Å². The van der Waals surface area contributed by atoms with Crippen LogP contribution in [0.1, 0.15) is 12.8 Å². The summed E-state index contributed by atoms with van der Waals surface area (Å²) in [7, 11) is 1.99. The van der Waals surface area contributed by atoms with Crippen molar-refractivity contribution in [3.63, 3.8) is 0 Å². The highest BCUT2D eigenvalue weighted by Gasteiger charge is 2.26. The number of anilines is 1. The molecule has 2 aliphatic rings. The minimum atomic E-state index is 0.214. The van der Waals surface area contributed by atoms with E-state index in [0.29, 0.717) is 35.7 Å². The number of rotatable bonds is 4. The summed E-state index contributed by atoms with van der Waals surface area (Å²) in [5.41, 5.74) is 0. The van der Waals surface area contributed by atoms with E-state index in [2.05, 4.69) is 20.1 Å². The molecule has 1 aromatic heterocycles. The fourth-order valence-electron chi connectivity index (χ4n) is 3.53. The van der Waals surface area contributed by atoms with E-state index in [4.69, 9.17) is 23.2 Å². The van der Waals surface area contributed by atoms with Gasteiger partial charge in [-0.15, -0.1) is 0 Å². The molecule has 138 valence electrons. The molecule has 1 aromatic rings. The van der Waals surface area contributed by atoms with Crippen molar-refractivity contribution >= 4 is 34.9 Å².